The van der Waals surface area contributed by atoms with Gasteiger partial charge in [0, 0.05) is 21.7 Å². The molecule has 0 amide bonds. The Bertz CT molecular complexity index is 390. The van der Waals surface area contributed by atoms with Crippen LogP contribution in [-0.2, 0) is 50.7 Å². The molecule has 0 aromatic carbocycles. The normalized spacial score (nSPS) is 10.0. The number of ketones is 4. The smallest absolute Gasteiger partial charge is 0.143 e. The van der Waals surface area contributed by atoms with Gasteiger partial charge in [-0.3, -0.25) is 29.7 Å². The summed E-state index contributed by atoms with van der Waals surface area (Å²) in [5.41, 5.74) is -1.88. The number of hydrogen-bond acceptors (Lipinski definition) is 8. The summed E-state index contributed by atoms with van der Waals surface area (Å²) in [7, 11) is 0. The first-order chi connectivity index (χ1) is 10.4. The van der Waals surface area contributed by atoms with Gasteiger partial charge in [0.2, 0.25) is 0 Å². The molecule has 0 spiro atoms. The average molecular weight is 418 g/mol. The van der Waals surface area contributed by atoms with Gasteiger partial charge in [0.25, 0.3) is 0 Å². The van der Waals surface area contributed by atoms with Crippen molar-refractivity contribution in [3.8, 4) is 0 Å². The second-order valence-electron chi connectivity index (χ2n) is 5.74. The Labute approximate surface area is 167 Å². The van der Waals surface area contributed by atoms with Gasteiger partial charge >= 0.3 is 0 Å². The topological polar surface area (TPSA) is 190 Å². The van der Waals surface area contributed by atoms with Crippen molar-refractivity contribution in [3.05, 3.63) is 0 Å². The SMILES string of the molecule is CC(=O)C(C(C)=O)C(C)(OO)C(C(C)=O)C(C)=O.CC(C)OO.O.O.[Ti]. The zero-order valence-corrected chi connectivity index (χ0v) is 17.6. The molecule has 10 nitrogen and oxygen atoms in total. The second kappa shape index (κ2) is 16.3. The molecule has 0 rings (SSSR count). The van der Waals surface area contributed by atoms with E-state index in [4.69, 9.17) is 10.5 Å². The van der Waals surface area contributed by atoms with E-state index >= 15 is 0 Å². The van der Waals surface area contributed by atoms with Gasteiger partial charge in [0.15, 0.2) is 0 Å². The molecule has 0 radical (unpaired) electrons. The van der Waals surface area contributed by atoms with E-state index in [0.717, 1.165) is 27.7 Å². The van der Waals surface area contributed by atoms with Crippen molar-refractivity contribution in [2.45, 2.75) is 60.2 Å². The quantitative estimate of drug-likeness (QED) is 0.239. The minimum atomic E-state index is -1.88. The molecule has 0 aromatic rings. The van der Waals surface area contributed by atoms with Gasteiger partial charge in [0.1, 0.15) is 40.6 Å². The molecule has 154 valence electrons. The summed E-state index contributed by atoms with van der Waals surface area (Å²) in [4.78, 5) is 54.0. The van der Waals surface area contributed by atoms with E-state index in [2.05, 4.69) is 9.78 Å². The molecule has 26 heavy (non-hydrogen) atoms. The summed E-state index contributed by atoms with van der Waals surface area (Å²) in [6.07, 6.45) is -0.0602. The molecule has 0 aromatic heterocycles. The van der Waals surface area contributed by atoms with Crippen LogP contribution in [0.2, 0.25) is 0 Å². The van der Waals surface area contributed by atoms with Gasteiger partial charge in [-0.25, -0.2) is 9.78 Å². The minimum Gasteiger partial charge on any atom is -0.412 e. The molecule has 0 saturated carbocycles. The van der Waals surface area contributed by atoms with Crippen molar-refractivity contribution in [2.75, 3.05) is 0 Å². The Hall–Kier alpha value is -0.846. The Morgan fingerprint density at radius 3 is 1.04 bits per heavy atom. The fraction of sp³-hybridized carbons (Fsp3) is 0.733. The van der Waals surface area contributed by atoms with Crippen LogP contribution < -0.4 is 0 Å². The number of carbonyl (C=O) groups excluding carboxylic acids is 4. The summed E-state index contributed by atoms with van der Waals surface area (Å²) in [6, 6.07) is 0. The van der Waals surface area contributed by atoms with Crippen molar-refractivity contribution < 1.29 is 72.1 Å². The molecule has 0 heterocycles. The monoisotopic (exact) mass is 418 g/mol. The van der Waals surface area contributed by atoms with Crippen molar-refractivity contribution in [3.63, 3.8) is 0 Å². The van der Waals surface area contributed by atoms with Crippen molar-refractivity contribution >= 4 is 23.1 Å². The molecule has 0 saturated heterocycles. The summed E-state index contributed by atoms with van der Waals surface area (Å²) < 4.78 is 0. The van der Waals surface area contributed by atoms with Crippen molar-refractivity contribution in [2.24, 2.45) is 11.8 Å². The van der Waals surface area contributed by atoms with Crippen molar-refractivity contribution in [1.29, 1.82) is 0 Å². The third-order valence-electron chi connectivity index (χ3n) is 3.18. The van der Waals surface area contributed by atoms with Crippen LogP contribution in [0, 0.1) is 11.8 Å². The first-order valence-electron chi connectivity index (χ1n) is 7.01. The zero-order chi connectivity index (χ0) is 19.0. The summed E-state index contributed by atoms with van der Waals surface area (Å²) in [6.45, 7) is 9.26. The molecule has 0 unspecified atom stereocenters. The predicted molar refractivity (Wildman–Crippen MR) is 87.9 cm³/mol. The Morgan fingerprint density at radius 1 is 0.769 bits per heavy atom. The molecular formula is C15H30O10Ti. The van der Waals surface area contributed by atoms with Crippen LogP contribution in [0.4, 0.5) is 0 Å². The molecule has 6 N–H and O–H groups in total. The Balaban J connectivity index is -0.000000162. The van der Waals surface area contributed by atoms with Crippen LogP contribution in [0.5, 0.6) is 0 Å². The van der Waals surface area contributed by atoms with Crippen LogP contribution in [-0.4, -0.2) is 56.3 Å². The minimum absolute atomic E-state index is 0. The first kappa shape index (κ1) is 36.1. The first-order valence-corrected chi connectivity index (χ1v) is 7.01. The summed E-state index contributed by atoms with van der Waals surface area (Å²) in [5.74, 6) is -5.06. The zero-order valence-electron chi connectivity index (χ0n) is 16.1. The van der Waals surface area contributed by atoms with E-state index in [0.29, 0.717) is 0 Å². The van der Waals surface area contributed by atoms with Gasteiger partial charge < -0.3 is 11.0 Å². The van der Waals surface area contributed by atoms with Crippen molar-refractivity contribution in [1.82, 2.24) is 0 Å². The van der Waals surface area contributed by atoms with Gasteiger partial charge in [-0.2, -0.15) is 0 Å². The predicted octanol–water partition coefficient (Wildman–Crippen LogP) is 0.0556. The van der Waals surface area contributed by atoms with Gasteiger partial charge in [-0.15, -0.1) is 0 Å². The largest absolute Gasteiger partial charge is 0.412 e. The maximum Gasteiger partial charge on any atom is 0.143 e. The number of carbonyl (C=O) groups is 4. The van der Waals surface area contributed by atoms with Crippen LogP contribution >= 0.6 is 0 Å². The Morgan fingerprint density at radius 2 is 0.962 bits per heavy atom. The summed E-state index contributed by atoms with van der Waals surface area (Å²) in [5, 5.41) is 16.7. The molecule has 0 aliphatic heterocycles. The summed E-state index contributed by atoms with van der Waals surface area (Å²) >= 11 is 0. The van der Waals surface area contributed by atoms with Crippen LogP contribution in [0.25, 0.3) is 0 Å². The van der Waals surface area contributed by atoms with E-state index in [9.17, 15) is 19.2 Å². The van der Waals surface area contributed by atoms with Crippen LogP contribution in [0.15, 0.2) is 0 Å². The van der Waals surface area contributed by atoms with E-state index in [1.165, 1.54) is 6.92 Å². The van der Waals surface area contributed by atoms with E-state index in [-0.39, 0.29) is 38.8 Å². The van der Waals surface area contributed by atoms with Gasteiger partial charge in [-0.1, -0.05) is 0 Å². The molecule has 0 aliphatic carbocycles. The third-order valence-corrected chi connectivity index (χ3v) is 3.18. The fourth-order valence-corrected chi connectivity index (χ4v) is 2.46. The number of hydrogen-bond donors (Lipinski definition) is 2. The molecule has 11 heteroatoms. The van der Waals surface area contributed by atoms with E-state index < -0.39 is 40.6 Å². The Kier molecular flexibility index (Phi) is 22.7. The van der Waals surface area contributed by atoms with Crippen LogP contribution in [0.1, 0.15) is 48.5 Å². The molecule has 0 atom stereocenters. The molecule has 0 bridgehead atoms. The molecule has 0 fully saturated rings. The van der Waals surface area contributed by atoms with E-state index in [1.807, 2.05) is 0 Å². The number of rotatable bonds is 8. The van der Waals surface area contributed by atoms with Gasteiger partial charge in [-0.05, 0) is 48.5 Å². The third kappa shape index (κ3) is 11.0. The maximum absolute atomic E-state index is 11.5. The fourth-order valence-electron chi connectivity index (χ4n) is 2.46. The average Bonchev–Trinajstić information content (AvgIpc) is 2.37. The molecule has 0 aliphatic rings. The number of Topliss-reactive ketones (excluding diaryl/α,β-unsaturated/α-hetero) is 4. The maximum atomic E-state index is 11.5. The standard InChI is InChI=1S/C12H18O6.C3H8O2.2H2O.Ti/c1-6(13)10(7(2)14)12(5,18-17)11(8(3)15)9(4)16;1-3(2)5-4;;;/h10-11,17H,1-5H3;3-4H,1-2H3;2*1H2;. The van der Waals surface area contributed by atoms with E-state index in [1.54, 1.807) is 13.8 Å². The molecular weight excluding hydrogens is 388 g/mol. The second-order valence-corrected chi connectivity index (χ2v) is 5.74. The van der Waals surface area contributed by atoms with Gasteiger partial charge in [0.05, 0.1) is 6.10 Å². The van der Waals surface area contributed by atoms with Crippen LogP contribution in [0.3, 0.4) is 0 Å².